The molecule has 1 amide bonds. The molecule has 13 heteroatoms. The number of thiazole rings is 1. The van der Waals surface area contributed by atoms with E-state index in [9.17, 15) is 23.1 Å². The van der Waals surface area contributed by atoms with Crippen LogP contribution in [-0.2, 0) is 6.18 Å². The van der Waals surface area contributed by atoms with Gasteiger partial charge >= 0.3 is 6.18 Å². The van der Waals surface area contributed by atoms with Gasteiger partial charge in [0.25, 0.3) is 5.91 Å². The fourth-order valence-corrected chi connectivity index (χ4v) is 4.42. The molecule has 0 saturated heterocycles. The summed E-state index contributed by atoms with van der Waals surface area (Å²) < 4.78 is 38.9. The lowest BCUT2D eigenvalue weighted by molar-refractivity contribution is -0.141. The molecule has 0 atom stereocenters. The third-order valence-corrected chi connectivity index (χ3v) is 6.42. The van der Waals surface area contributed by atoms with E-state index in [0.29, 0.717) is 37.4 Å². The Hall–Kier alpha value is -2.34. The molecule has 1 aromatic carbocycles. The molecular weight excluding hydrogens is 484 g/mol. The Balaban J connectivity index is 1.84. The van der Waals surface area contributed by atoms with Gasteiger partial charge in [-0.3, -0.25) is 4.79 Å². The number of halogens is 5. The van der Waals surface area contributed by atoms with E-state index < -0.39 is 27.8 Å². The van der Waals surface area contributed by atoms with E-state index in [-0.39, 0.29) is 11.5 Å². The largest absolute Gasteiger partial charge is 0.506 e. The van der Waals surface area contributed by atoms with Gasteiger partial charge in [0, 0.05) is 5.38 Å². The highest BCUT2D eigenvalue weighted by molar-refractivity contribution is 7.17. The molecule has 4 N–H and O–H groups in total. The van der Waals surface area contributed by atoms with Crippen LogP contribution in [0.4, 0.5) is 18.3 Å². The lowest BCUT2D eigenvalue weighted by Crippen LogP contribution is -2.22. The number of nitrogens with one attached hydrogen (secondary N) is 1. The molecule has 2 aromatic heterocycles. The van der Waals surface area contributed by atoms with Crippen LogP contribution in [0.15, 0.2) is 28.7 Å². The van der Waals surface area contributed by atoms with Gasteiger partial charge in [0.05, 0.1) is 26.2 Å². The molecule has 30 heavy (non-hydrogen) atoms. The maximum atomic E-state index is 13.0. The lowest BCUT2D eigenvalue weighted by Gasteiger charge is -2.06. The number of hydrogen-bond donors (Lipinski definition) is 3. The van der Waals surface area contributed by atoms with Gasteiger partial charge < -0.3 is 10.8 Å². The van der Waals surface area contributed by atoms with Crippen molar-refractivity contribution in [3.63, 3.8) is 0 Å². The van der Waals surface area contributed by atoms with Crippen LogP contribution in [0, 0.1) is 0 Å². The summed E-state index contributed by atoms with van der Waals surface area (Å²) in [6, 6.07) is 4.84. The van der Waals surface area contributed by atoms with Crippen LogP contribution in [0.1, 0.15) is 27.9 Å². The molecule has 0 aliphatic rings. The Morgan fingerprint density at radius 1 is 1.30 bits per heavy atom. The number of aromatic nitrogens is 1. The van der Waals surface area contributed by atoms with Crippen LogP contribution in [-0.4, -0.2) is 21.7 Å². The van der Waals surface area contributed by atoms with Crippen molar-refractivity contribution in [1.29, 1.82) is 0 Å². The zero-order valence-corrected chi connectivity index (χ0v) is 18.0. The Labute approximate surface area is 185 Å². The molecule has 0 unspecified atom stereocenters. The normalized spacial score (nSPS) is 12.3. The van der Waals surface area contributed by atoms with E-state index in [0.717, 1.165) is 0 Å². The second-order valence-corrected chi connectivity index (χ2v) is 8.55. The van der Waals surface area contributed by atoms with Crippen molar-refractivity contribution in [3.8, 4) is 16.2 Å². The summed E-state index contributed by atoms with van der Waals surface area (Å²) in [5.74, 6) is -1.23. The highest BCUT2D eigenvalue weighted by Gasteiger charge is 2.39. The summed E-state index contributed by atoms with van der Waals surface area (Å²) in [5.41, 5.74) is 7.04. The monoisotopic (exact) mass is 494 g/mol. The molecule has 0 saturated carbocycles. The SMILES string of the molecule is CC(=NNC(=O)c1sc(N)nc1C(F)(F)F)c1csc(-c2ccc(Cl)c(Cl)c2)c1O. The smallest absolute Gasteiger partial charge is 0.435 e. The molecule has 0 bridgehead atoms. The quantitative estimate of drug-likeness (QED) is 0.322. The van der Waals surface area contributed by atoms with Gasteiger partial charge in [-0.1, -0.05) is 40.6 Å². The van der Waals surface area contributed by atoms with Crippen molar-refractivity contribution in [2.75, 3.05) is 5.73 Å². The molecule has 2 heterocycles. The van der Waals surface area contributed by atoms with Crippen molar-refractivity contribution >= 4 is 62.6 Å². The van der Waals surface area contributed by atoms with Crippen LogP contribution in [0.5, 0.6) is 5.75 Å². The second kappa shape index (κ2) is 8.42. The van der Waals surface area contributed by atoms with Crippen LogP contribution < -0.4 is 11.2 Å². The molecule has 0 spiro atoms. The molecular formula is C17H11Cl2F3N4O2S2. The number of nitrogen functional groups attached to an aromatic ring is 1. The number of hydrazone groups is 1. The Morgan fingerprint density at radius 3 is 2.63 bits per heavy atom. The third-order valence-electron chi connectivity index (χ3n) is 3.78. The molecule has 6 nitrogen and oxygen atoms in total. The number of benzene rings is 1. The van der Waals surface area contributed by atoms with Crippen LogP contribution in [0.2, 0.25) is 10.0 Å². The van der Waals surface area contributed by atoms with Crippen molar-refractivity contribution in [2.45, 2.75) is 13.1 Å². The minimum absolute atomic E-state index is 0.119. The highest BCUT2D eigenvalue weighted by atomic mass is 35.5. The van der Waals surface area contributed by atoms with Crippen LogP contribution in [0.3, 0.4) is 0 Å². The molecule has 158 valence electrons. The number of thiophene rings is 1. The molecule has 3 aromatic rings. The highest BCUT2D eigenvalue weighted by Crippen LogP contribution is 2.40. The van der Waals surface area contributed by atoms with E-state index in [1.54, 1.807) is 23.6 Å². The Morgan fingerprint density at radius 2 is 2.00 bits per heavy atom. The Kier molecular flexibility index (Phi) is 6.27. The van der Waals surface area contributed by atoms with Crippen molar-refractivity contribution in [1.82, 2.24) is 10.4 Å². The summed E-state index contributed by atoms with van der Waals surface area (Å²) >= 11 is 13.5. The maximum Gasteiger partial charge on any atom is 0.435 e. The number of alkyl halides is 3. The summed E-state index contributed by atoms with van der Waals surface area (Å²) in [7, 11) is 0. The first kappa shape index (κ1) is 22.3. The summed E-state index contributed by atoms with van der Waals surface area (Å²) in [6.45, 7) is 1.48. The second-order valence-electron chi connectivity index (χ2n) is 5.82. The first-order valence-corrected chi connectivity index (χ1v) is 10.4. The fourth-order valence-electron chi connectivity index (χ4n) is 2.38. The zero-order chi connectivity index (χ0) is 22.2. The van der Waals surface area contributed by atoms with E-state index in [4.69, 9.17) is 28.9 Å². The molecule has 3 rings (SSSR count). The van der Waals surface area contributed by atoms with E-state index in [1.165, 1.54) is 18.3 Å². The first-order chi connectivity index (χ1) is 14.0. The Bertz CT molecular complexity index is 1160. The minimum atomic E-state index is -4.83. The van der Waals surface area contributed by atoms with Crippen LogP contribution >= 0.6 is 45.9 Å². The van der Waals surface area contributed by atoms with Gasteiger partial charge in [-0.2, -0.15) is 18.3 Å². The standard InChI is InChI=1S/C17H11Cl2F3N4O2S2/c1-6(25-26-15(28)13-14(17(20,21)22)24-16(23)30-13)8-5-29-12(11(8)27)7-2-3-9(18)10(19)4-7/h2-5,27H,1H3,(H2,23,24)(H,26,28). The fraction of sp³-hybridized carbons (Fsp3) is 0.118. The number of hydrogen-bond acceptors (Lipinski definition) is 7. The molecule has 0 fully saturated rings. The average molecular weight is 495 g/mol. The number of rotatable bonds is 4. The van der Waals surface area contributed by atoms with Gasteiger partial charge in [-0.15, -0.1) is 11.3 Å². The maximum absolute atomic E-state index is 13.0. The van der Waals surface area contributed by atoms with Gasteiger partial charge in [0.2, 0.25) is 0 Å². The van der Waals surface area contributed by atoms with E-state index >= 15 is 0 Å². The molecule has 0 radical (unpaired) electrons. The summed E-state index contributed by atoms with van der Waals surface area (Å²) in [6.07, 6.45) is -4.83. The predicted molar refractivity (Wildman–Crippen MR) is 113 cm³/mol. The van der Waals surface area contributed by atoms with Gasteiger partial charge in [0.15, 0.2) is 10.8 Å². The van der Waals surface area contributed by atoms with Gasteiger partial charge in [0.1, 0.15) is 10.6 Å². The number of carbonyl (C=O) groups is 1. The van der Waals surface area contributed by atoms with Crippen molar-refractivity contribution in [2.24, 2.45) is 5.10 Å². The number of carbonyl (C=O) groups excluding carboxylic acids is 1. The first-order valence-electron chi connectivity index (χ1n) is 7.93. The molecule has 0 aliphatic heterocycles. The minimum Gasteiger partial charge on any atom is -0.506 e. The predicted octanol–water partition coefficient (Wildman–Crippen LogP) is 5.64. The number of nitrogens with two attached hydrogens (primary N) is 1. The average Bonchev–Trinajstić information content (AvgIpc) is 3.24. The van der Waals surface area contributed by atoms with E-state index in [1.807, 2.05) is 5.43 Å². The lowest BCUT2D eigenvalue weighted by atomic mass is 10.1. The number of aromatic hydroxyl groups is 1. The van der Waals surface area contributed by atoms with Crippen LogP contribution in [0.25, 0.3) is 10.4 Å². The van der Waals surface area contributed by atoms with E-state index in [2.05, 4.69) is 10.1 Å². The molecule has 0 aliphatic carbocycles. The number of nitrogens with zero attached hydrogens (tertiary/aromatic N) is 2. The van der Waals surface area contributed by atoms with Gasteiger partial charge in [-0.25, -0.2) is 10.4 Å². The number of amides is 1. The van der Waals surface area contributed by atoms with Gasteiger partial charge in [-0.05, 0) is 24.6 Å². The van der Waals surface area contributed by atoms with Crippen molar-refractivity contribution in [3.05, 3.63) is 49.8 Å². The summed E-state index contributed by atoms with van der Waals surface area (Å²) in [4.78, 5) is 15.1. The topological polar surface area (TPSA) is 101 Å². The summed E-state index contributed by atoms with van der Waals surface area (Å²) in [5, 5.41) is 16.2. The zero-order valence-electron chi connectivity index (χ0n) is 14.8. The third kappa shape index (κ3) is 4.53. The van der Waals surface area contributed by atoms with Crippen molar-refractivity contribution < 1.29 is 23.1 Å². The number of anilines is 1.